The molecule has 0 heterocycles. The Bertz CT molecular complexity index is 1120. The van der Waals surface area contributed by atoms with Gasteiger partial charge in [0.05, 0.1) is 0 Å². The number of nitrogens with zero attached hydrogens (tertiary/aromatic N) is 1. The number of carbonyl (C=O) groups is 3. The first kappa shape index (κ1) is 30.0. The van der Waals surface area contributed by atoms with Crippen molar-refractivity contribution in [3.8, 4) is 5.75 Å². The number of phenolic OH excluding ortho intramolecular Hbond substituents is 1. The molecule has 2 aromatic rings. The van der Waals surface area contributed by atoms with Crippen LogP contribution in [0, 0.1) is 6.92 Å². The van der Waals surface area contributed by atoms with Gasteiger partial charge in [-0.15, -0.1) is 0 Å². The molecule has 0 saturated heterocycles. The summed E-state index contributed by atoms with van der Waals surface area (Å²) in [5.41, 5.74) is 1.75. The van der Waals surface area contributed by atoms with E-state index in [0.717, 1.165) is 48.8 Å². The highest BCUT2D eigenvalue weighted by atomic mass is 16.6. The number of rotatable bonds is 12. The molecule has 0 aromatic heterocycles. The topological polar surface area (TPSA) is 108 Å². The molecule has 8 heteroatoms. The monoisotopic (exact) mass is 537 g/mol. The van der Waals surface area contributed by atoms with E-state index in [4.69, 9.17) is 4.74 Å². The van der Waals surface area contributed by atoms with Gasteiger partial charge in [-0.05, 0) is 70.2 Å². The number of aryl methyl sites for hydroxylation is 1. The Morgan fingerprint density at radius 3 is 2.36 bits per heavy atom. The van der Waals surface area contributed by atoms with Crippen molar-refractivity contribution in [3.63, 3.8) is 0 Å². The van der Waals surface area contributed by atoms with Gasteiger partial charge in [0.2, 0.25) is 11.8 Å². The minimum atomic E-state index is -0.967. The maximum Gasteiger partial charge on any atom is 0.408 e. The van der Waals surface area contributed by atoms with Crippen LogP contribution in [0.25, 0.3) is 0 Å². The lowest BCUT2D eigenvalue weighted by molar-refractivity contribution is -0.143. The maximum atomic E-state index is 14.3. The molecule has 0 aliphatic heterocycles. The van der Waals surface area contributed by atoms with Crippen molar-refractivity contribution in [2.75, 3.05) is 6.54 Å². The minimum Gasteiger partial charge on any atom is -0.508 e. The van der Waals surface area contributed by atoms with E-state index in [0.29, 0.717) is 6.54 Å². The van der Waals surface area contributed by atoms with Gasteiger partial charge < -0.3 is 25.4 Å². The molecule has 2 unspecified atom stereocenters. The van der Waals surface area contributed by atoms with Crippen LogP contribution in [0.2, 0.25) is 0 Å². The van der Waals surface area contributed by atoms with Crippen LogP contribution in [0.5, 0.6) is 5.75 Å². The zero-order chi connectivity index (χ0) is 28.6. The molecule has 3 rings (SSSR count). The molecule has 2 atom stereocenters. The van der Waals surface area contributed by atoms with Gasteiger partial charge in [-0.25, -0.2) is 4.79 Å². The van der Waals surface area contributed by atoms with E-state index in [1.165, 1.54) is 0 Å². The fourth-order valence-electron chi connectivity index (χ4n) is 4.53. The molecule has 1 aliphatic carbocycles. The van der Waals surface area contributed by atoms with Crippen molar-refractivity contribution >= 4 is 17.9 Å². The lowest BCUT2D eigenvalue weighted by Gasteiger charge is -2.35. The Hall–Kier alpha value is -3.55. The van der Waals surface area contributed by atoms with E-state index in [-0.39, 0.29) is 30.0 Å². The van der Waals surface area contributed by atoms with Crippen molar-refractivity contribution < 1.29 is 24.2 Å². The lowest BCUT2D eigenvalue weighted by Crippen LogP contribution is -2.54. The van der Waals surface area contributed by atoms with Crippen LogP contribution in [0.15, 0.2) is 48.5 Å². The highest BCUT2D eigenvalue weighted by Crippen LogP contribution is 2.36. The second-order valence-electron chi connectivity index (χ2n) is 11.4. The van der Waals surface area contributed by atoms with Crippen LogP contribution in [0.1, 0.15) is 82.5 Å². The molecule has 1 aliphatic rings. The summed E-state index contributed by atoms with van der Waals surface area (Å²) < 4.78 is 5.48. The molecule has 0 spiro atoms. The smallest absolute Gasteiger partial charge is 0.408 e. The predicted molar refractivity (Wildman–Crippen MR) is 151 cm³/mol. The van der Waals surface area contributed by atoms with Crippen molar-refractivity contribution in [1.82, 2.24) is 15.5 Å². The molecule has 0 bridgehead atoms. The van der Waals surface area contributed by atoms with Crippen molar-refractivity contribution in [3.05, 3.63) is 65.2 Å². The number of phenols is 1. The Labute approximate surface area is 232 Å². The normalized spacial score (nSPS) is 14.7. The van der Waals surface area contributed by atoms with E-state index in [9.17, 15) is 19.5 Å². The predicted octanol–water partition coefficient (Wildman–Crippen LogP) is 5.18. The fraction of sp³-hybridized carbons (Fsp3) is 0.516. The maximum absolute atomic E-state index is 14.3. The third kappa shape index (κ3) is 9.30. The average Bonchev–Trinajstić information content (AvgIpc) is 3.69. The zero-order valence-corrected chi connectivity index (χ0v) is 23.8. The number of aromatic hydroxyl groups is 1. The summed E-state index contributed by atoms with van der Waals surface area (Å²) in [6.45, 7) is 9.88. The SMILES string of the molecule is CCCCCNC(=O)C(c1cccc(C)c1)N(C(=O)C(Cc1ccc(O)cc1)NC(=O)OC(C)(C)C)C1CC1. The largest absolute Gasteiger partial charge is 0.508 e. The van der Waals surface area contributed by atoms with E-state index >= 15 is 0 Å². The van der Waals surface area contributed by atoms with Crippen molar-refractivity contribution in [1.29, 1.82) is 0 Å². The second kappa shape index (κ2) is 13.5. The molecule has 1 fully saturated rings. The number of amides is 3. The van der Waals surface area contributed by atoms with Crippen LogP contribution in [-0.2, 0) is 20.7 Å². The Balaban J connectivity index is 1.96. The summed E-state index contributed by atoms with van der Waals surface area (Å²) in [5, 5.41) is 15.5. The number of alkyl carbamates (subject to hydrolysis) is 1. The molecule has 1 saturated carbocycles. The zero-order valence-electron chi connectivity index (χ0n) is 23.8. The summed E-state index contributed by atoms with van der Waals surface area (Å²) in [5.74, 6) is -0.454. The average molecular weight is 538 g/mol. The van der Waals surface area contributed by atoms with Gasteiger partial charge >= 0.3 is 6.09 Å². The fourth-order valence-corrected chi connectivity index (χ4v) is 4.53. The first-order chi connectivity index (χ1) is 18.5. The van der Waals surface area contributed by atoms with E-state index < -0.39 is 23.8 Å². The van der Waals surface area contributed by atoms with Crippen LogP contribution < -0.4 is 10.6 Å². The third-order valence-corrected chi connectivity index (χ3v) is 6.52. The van der Waals surface area contributed by atoms with Crippen LogP contribution in [-0.4, -0.2) is 52.1 Å². The Morgan fingerprint density at radius 2 is 1.77 bits per heavy atom. The number of unbranched alkanes of at least 4 members (excludes halogenated alkanes) is 2. The summed E-state index contributed by atoms with van der Waals surface area (Å²) in [4.78, 5) is 42.5. The van der Waals surface area contributed by atoms with E-state index in [1.807, 2.05) is 31.2 Å². The standard InChI is InChI=1S/C31H43N3O5/c1-6-7-8-18-32-28(36)27(23-11-9-10-21(2)19-23)34(24-14-15-24)29(37)26(33-30(38)39-31(3,4)5)20-22-12-16-25(35)17-13-22/h9-13,16-17,19,24,26-27,35H,6-8,14-15,18,20H2,1-5H3,(H,32,36)(H,33,38). The number of ether oxygens (including phenoxy) is 1. The molecule has 3 amide bonds. The van der Waals surface area contributed by atoms with Gasteiger partial charge in [0.1, 0.15) is 23.4 Å². The van der Waals surface area contributed by atoms with Gasteiger partial charge in [0.15, 0.2) is 0 Å². The summed E-state index contributed by atoms with van der Waals surface area (Å²) in [6, 6.07) is 12.3. The van der Waals surface area contributed by atoms with Gasteiger partial charge in [-0.3, -0.25) is 9.59 Å². The highest BCUT2D eigenvalue weighted by Gasteiger charge is 2.44. The minimum absolute atomic E-state index is 0.104. The molecule has 212 valence electrons. The molecular weight excluding hydrogens is 494 g/mol. The number of benzene rings is 2. The lowest BCUT2D eigenvalue weighted by atomic mass is 9.99. The quantitative estimate of drug-likeness (QED) is 0.324. The Morgan fingerprint density at radius 1 is 1.08 bits per heavy atom. The first-order valence-electron chi connectivity index (χ1n) is 13.9. The van der Waals surface area contributed by atoms with Crippen LogP contribution in [0.3, 0.4) is 0 Å². The third-order valence-electron chi connectivity index (χ3n) is 6.52. The van der Waals surface area contributed by atoms with Gasteiger partial charge in [-0.2, -0.15) is 0 Å². The van der Waals surface area contributed by atoms with Crippen molar-refractivity contribution in [2.24, 2.45) is 0 Å². The number of nitrogens with one attached hydrogen (secondary N) is 2. The van der Waals surface area contributed by atoms with E-state index in [1.54, 1.807) is 49.9 Å². The summed E-state index contributed by atoms with van der Waals surface area (Å²) in [7, 11) is 0. The van der Waals surface area contributed by atoms with Crippen LogP contribution in [0.4, 0.5) is 4.79 Å². The molecule has 3 N–H and O–H groups in total. The molecule has 39 heavy (non-hydrogen) atoms. The second-order valence-corrected chi connectivity index (χ2v) is 11.4. The van der Waals surface area contributed by atoms with Gasteiger partial charge in [0.25, 0.3) is 0 Å². The molecule has 8 nitrogen and oxygen atoms in total. The summed E-state index contributed by atoms with van der Waals surface area (Å²) in [6.07, 6.45) is 3.97. The number of hydrogen-bond acceptors (Lipinski definition) is 5. The molecule has 0 radical (unpaired) electrons. The number of hydrogen-bond donors (Lipinski definition) is 3. The Kier molecular flexibility index (Phi) is 10.4. The van der Waals surface area contributed by atoms with Crippen LogP contribution >= 0.6 is 0 Å². The van der Waals surface area contributed by atoms with Crippen molar-refractivity contribution in [2.45, 2.75) is 96.9 Å². The highest BCUT2D eigenvalue weighted by molar-refractivity contribution is 5.92. The van der Waals surface area contributed by atoms with Gasteiger partial charge in [0, 0.05) is 19.0 Å². The first-order valence-corrected chi connectivity index (χ1v) is 13.9. The molecular formula is C31H43N3O5. The van der Waals surface area contributed by atoms with E-state index in [2.05, 4.69) is 17.6 Å². The van der Waals surface area contributed by atoms with Gasteiger partial charge in [-0.1, -0.05) is 61.7 Å². The molecule has 2 aromatic carbocycles. The number of carbonyl (C=O) groups excluding carboxylic acids is 3. The summed E-state index contributed by atoms with van der Waals surface area (Å²) >= 11 is 0.